The number of nitrogens with zero attached hydrogens (tertiary/aromatic N) is 1. The molecule has 0 unspecified atom stereocenters. The summed E-state index contributed by atoms with van der Waals surface area (Å²) in [5.74, 6) is -1.40. The smallest absolute Gasteiger partial charge is 0.255 e. The van der Waals surface area contributed by atoms with Gasteiger partial charge in [-0.15, -0.1) is 0 Å². The van der Waals surface area contributed by atoms with Crippen molar-refractivity contribution >= 4 is 21.6 Å². The Morgan fingerprint density at radius 2 is 1.67 bits per heavy atom. The highest BCUT2D eigenvalue weighted by Crippen LogP contribution is 2.23. The molecule has 5 nitrogen and oxygen atoms in total. The molecule has 7 heteroatoms. The molecular weight excluding hydrogens is 403 g/mol. The van der Waals surface area contributed by atoms with Crippen LogP contribution >= 0.6 is 0 Å². The van der Waals surface area contributed by atoms with Gasteiger partial charge in [-0.25, -0.2) is 12.8 Å². The largest absolute Gasteiger partial charge is 0.322 e. The molecule has 0 radical (unpaired) electrons. The maximum absolute atomic E-state index is 14.4. The zero-order valence-corrected chi connectivity index (χ0v) is 17.6. The Hall–Kier alpha value is -3.03. The van der Waals surface area contributed by atoms with Gasteiger partial charge in [0.25, 0.3) is 5.91 Å². The van der Waals surface area contributed by atoms with Gasteiger partial charge in [0, 0.05) is 24.8 Å². The summed E-state index contributed by atoms with van der Waals surface area (Å²) in [6, 6.07) is 19.7. The van der Waals surface area contributed by atoms with Crippen molar-refractivity contribution in [3.8, 4) is 0 Å². The molecule has 0 aliphatic heterocycles. The van der Waals surface area contributed by atoms with Crippen LogP contribution in [0.25, 0.3) is 0 Å². The molecule has 0 bridgehead atoms. The lowest BCUT2D eigenvalue weighted by molar-refractivity contribution is 0.102. The van der Waals surface area contributed by atoms with Gasteiger partial charge in [-0.1, -0.05) is 55.5 Å². The maximum Gasteiger partial charge on any atom is 0.255 e. The van der Waals surface area contributed by atoms with Crippen molar-refractivity contribution in [1.82, 2.24) is 4.31 Å². The molecule has 0 spiro atoms. The van der Waals surface area contributed by atoms with E-state index in [2.05, 4.69) is 5.32 Å². The van der Waals surface area contributed by atoms with Gasteiger partial charge < -0.3 is 5.32 Å². The molecule has 156 valence electrons. The van der Waals surface area contributed by atoms with Crippen LogP contribution in [0, 0.1) is 5.82 Å². The van der Waals surface area contributed by atoms with Crippen LogP contribution in [0.4, 0.5) is 10.1 Å². The van der Waals surface area contributed by atoms with E-state index in [1.807, 2.05) is 25.1 Å². The van der Waals surface area contributed by atoms with Gasteiger partial charge in [0.2, 0.25) is 10.0 Å². The second-order valence-electron chi connectivity index (χ2n) is 6.86. The lowest BCUT2D eigenvalue weighted by Gasteiger charge is -2.18. The predicted molar refractivity (Wildman–Crippen MR) is 115 cm³/mol. The average Bonchev–Trinajstić information content (AvgIpc) is 2.75. The Kier molecular flexibility index (Phi) is 6.64. The third kappa shape index (κ3) is 4.75. The Balaban J connectivity index is 1.87. The number of amides is 1. The second-order valence-corrected chi connectivity index (χ2v) is 8.87. The number of benzene rings is 3. The molecule has 0 fully saturated rings. The summed E-state index contributed by atoms with van der Waals surface area (Å²) in [5.41, 5.74) is 2.42. The summed E-state index contributed by atoms with van der Waals surface area (Å²) in [7, 11) is -2.75. The minimum absolute atomic E-state index is 0.0639. The lowest BCUT2D eigenvalue weighted by atomic mass is 10.1. The SMILES string of the molecule is CCc1ccccc1NC(=O)c1ccc(F)c(S(=O)(=O)N(C)Cc2ccccc2)c1. The van der Waals surface area contributed by atoms with Crippen LogP contribution in [-0.4, -0.2) is 25.7 Å². The summed E-state index contributed by atoms with van der Waals surface area (Å²) in [4.78, 5) is 12.2. The highest BCUT2D eigenvalue weighted by molar-refractivity contribution is 7.89. The van der Waals surface area contributed by atoms with Crippen LogP contribution in [0.5, 0.6) is 0 Å². The number of halogens is 1. The quantitative estimate of drug-likeness (QED) is 0.607. The first-order chi connectivity index (χ1) is 14.3. The standard InChI is InChI=1S/C23H23FN2O3S/c1-3-18-11-7-8-12-21(18)25-23(27)19-13-14-20(24)22(15-19)30(28,29)26(2)16-17-9-5-4-6-10-17/h4-15H,3,16H2,1-2H3,(H,25,27). The summed E-state index contributed by atoms with van der Waals surface area (Å²) in [6.45, 7) is 2.05. The maximum atomic E-state index is 14.4. The van der Waals surface area contributed by atoms with Gasteiger partial charge in [0.15, 0.2) is 0 Å². The van der Waals surface area contributed by atoms with Crippen molar-refractivity contribution in [2.24, 2.45) is 0 Å². The first kappa shape index (κ1) is 21.7. The van der Waals surface area contributed by atoms with E-state index in [1.165, 1.54) is 13.1 Å². The Bertz CT molecular complexity index is 1150. The van der Waals surface area contributed by atoms with Gasteiger partial charge in [0.1, 0.15) is 10.7 Å². The molecule has 0 saturated carbocycles. The molecular formula is C23H23FN2O3S. The highest BCUT2D eigenvalue weighted by atomic mass is 32.2. The van der Waals surface area contributed by atoms with Gasteiger partial charge in [-0.3, -0.25) is 4.79 Å². The van der Waals surface area contributed by atoms with E-state index < -0.39 is 26.6 Å². The Morgan fingerprint density at radius 3 is 2.37 bits per heavy atom. The van der Waals surface area contributed by atoms with Crippen LogP contribution in [0.3, 0.4) is 0 Å². The summed E-state index contributed by atoms with van der Waals surface area (Å²) in [5, 5.41) is 2.78. The van der Waals surface area contributed by atoms with Crippen molar-refractivity contribution in [3.05, 3.63) is 95.3 Å². The van der Waals surface area contributed by atoms with Crippen molar-refractivity contribution in [2.75, 3.05) is 12.4 Å². The predicted octanol–water partition coefficient (Wildman–Crippen LogP) is 4.46. The summed E-state index contributed by atoms with van der Waals surface area (Å²) >= 11 is 0. The van der Waals surface area contributed by atoms with Gasteiger partial charge in [0.05, 0.1) is 0 Å². The number of nitrogens with one attached hydrogen (secondary N) is 1. The molecule has 0 saturated heterocycles. The number of carbonyl (C=O) groups excluding carboxylic acids is 1. The molecule has 0 atom stereocenters. The van der Waals surface area contributed by atoms with E-state index in [-0.39, 0.29) is 12.1 Å². The fraction of sp³-hybridized carbons (Fsp3) is 0.174. The fourth-order valence-electron chi connectivity index (χ4n) is 3.08. The highest BCUT2D eigenvalue weighted by Gasteiger charge is 2.26. The molecule has 0 heterocycles. The van der Waals surface area contributed by atoms with Crippen molar-refractivity contribution in [1.29, 1.82) is 0 Å². The van der Waals surface area contributed by atoms with E-state index in [9.17, 15) is 17.6 Å². The zero-order chi connectivity index (χ0) is 21.7. The van der Waals surface area contributed by atoms with E-state index in [0.717, 1.165) is 34.0 Å². The molecule has 1 amide bonds. The summed E-state index contributed by atoms with van der Waals surface area (Å²) < 4.78 is 41.4. The summed E-state index contributed by atoms with van der Waals surface area (Å²) in [6.07, 6.45) is 0.726. The fourth-order valence-corrected chi connectivity index (χ4v) is 4.33. The number of anilines is 1. The van der Waals surface area contributed by atoms with Crippen LogP contribution < -0.4 is 5.32 Å². The molecule has 30 heavy (non-hydrogen) atoms. The van der Waals surface area contributed by atoms with E-state index in [4.69, 9.17) is 0 Å². The van der Waals surface area contributed by atoms with E-state index in [0.29, 0.717) is 5.69 Å². The number of hydrogen-bond donors (Lipinski definition) is 1. The van der Waals surface area contributed by atoms with Crippen LogP contribution in [0.2, 0.25) is 0 Å². The second kappa shape index (κ2) is 9.19. The molecule has 3 aromatic carbocycles. The lowest BCUT2D eigenvalue weighted by Crippen LogP contribution is -2.27. The topological polar surface area (TPSA) is 66.5 Å². The first-order valence-corrected chi connectivity index (χ1v) is 11.0. The number of rotatable bonds is 7. The van der Waals surface area contributed by atoms with Crippen molar-refractivity contribution < 1.29 is 17.6 Å². The van der Waals surface area contributed by atoms with Crippen LogP contribution in [0.15, 0.2) is 77.7 Å². The first-order valence-electron chi connectivity index (χ1n) is 9.52. The molecule has 1 N–H and O–H groups in total. The van der Waals surface area contributed by atoms with Gasteiger partial charge in [-0.2, -0.15) is 4.31 Å². The zero-order valence-electron chi connectivity index (χ0n) is 16.8. The molecule has 0 aliphatic rings. The number of para-hydroxylation sites is 1. The van der Waals surface area contributed by atoms with Crippen molar-refractivity contribution in [2.45, 2.75) is 24.8 Å². The third-order valence-electron chi connectivity index (χ3n) is 4.78. The third-order valence-corrected chi connectivity index (χ3v) is 6.59. The number of sulfonamides is 1. The van der Waals surface area contributed by atoms with Crippen LogP contribution in [0.1, 0.15) is 28.4 Å². The number of carbonyl (C=O) groups is 1. The van der Waals surface area contributed by atoms with E-state index >= 15 is 0 Å². The Labute approximate surface area is 176 Å². The normalized spacial score (nSPS) is 11.5. The van der Waals surface area contributed by atoms with Crippen molar-refractivity contribution in [3.63, 3.8) is 0 Å². The van der Waals surface area contributed by atoms with Crippen LogP contribution in [-0.2, 0) is 23.0 Å². The molecule has 3 aromatic rings. The Morgan fingerprint density at radius 1 is 1.00 bits per heavy atom. The molecule has 0 aromatic heterocycles. The average molecular weight is 427 g/mol. The molecule has 3 rings (SSSR count). The number of hydrogen-bond acceptors (Lipinski definition) is 3. The van der Waals surface area contributed by atoms with E-state index in [1.54, 1.807) is 36.4 Å². The minimum atomic E-state index is -4.13. The minimum Gasteiger partial charge on any atom is -0.322 e. The van der Waals surface area contributed by atoms with Gasteiger partial charge >= 0.3 is 0 Å². The monoisotopic (exact) mass is 426 g/mol. The van der Waals surface area contributed by atoms with Gasteiger partial charge in [-0.05, 0) is 41.8 Å². The number of aryl methyl sites for hydroxylation is 1. The molecule has 0 aliphatic carbocycles.